The van der Waals surface area contributed by atoms with E-state index in [1.807, 2.05) is 0 Å². The summed E-state index contributed by atoms with van der Waals surface area (Å²) in [4.78, 5) is 102. The first-order chi connectivity index (χ1) is 25.5. The summed E-state index contributed by atoms with van der Waals surface area (Å²) < 4.78 is 0. The van der Waals surface area contributed by atoms with Crippen molar-refractivity contribution >= 4 is 47.6 Å². The summed E-state index contributed by atoms with van der Waals surface area (Å²) in [7, 11) is 0. The van der Waals surface area contributed by atoms with Crippen LogP contribution in [0.25, 0.3) is 0 Å². The molecule has 304 valence electrons. The van der Waals surface area contributed by atoms with Crippen LogP contribution in [0.4, 0.5) is 0 Å². The van der Waals surface area contributed by atoms with E-state index in [0.29, 0.717) is 77.0 Å². The highest BCUT2D eigenvalue weighted by molar-refractivity contribution is 5.80. The number of aliphatic carboxylic acids is 6. The maximum absolute atomic E-state index is 13.3. The van der Waals surface area contributed by atoms with Crippen molar-refractivity contribution in [3.8, 4) is 0 Å². The Kier molecular flexibility index (Phi) is 17.5. The minimum absolute atomic E-state index is 0.282. The van der Waals surface area contributed by atoms with Crippen LogP contribution >= 0.6 is 0 Å². The maximum Gasteiger partial charge on any atom is 0.317 e. The maximum atomic E-state index is 13.3. The zero-order chi connectivity index (χ0) is 39.9. The second-order valence-corrected chi connectivity index (χ2v) is 14.5. The largest absolute Gasteiger partial charge is 0.480 e. The van der Waals surface area contributed by atoms with E-state index >= 15 is 0 Å². The van der Waals surface area contributed by atoms with E-state index < -0.39 is 111 Å². The number of carbonyl (C=O) groups excluding carboxylic acids is 2. The van der Waals surface area contributed by atoms with Crippen molar-refractivity contribution in [3.05, 3.63) is 0 Å². The van der Waals surface area contributed by atoms with E-state index in [1.165, 1.54) is 19.6 Å². The monoisotopic (exact) mass is 770 g/mol. The average Bonchev–Trinajstić information content (AvgIpc) is 3.07. The number of carbonyl (C=O) groups is 8. The molecule has 0 heterocycles. The van der Waals surface area contributed by atoms with Gasteiger partial charge in [0.25, 0.3) is 0 Å². The van der Waals surface area contributed by atoms with Crippen LogP contribution in [0, 0.1) is 0 Å². The number of rotatable bonds is 22. The van der Waals surface area contributed by atoms with Crippen LogP contribution in [0.1, 0.15) is 77.0 Å². The molecule has 3 aliphatic carbocycles. The van der Waals surface area contributed by atoms with Crippen molar-refractivity contribution in [2.45, 2.75) is 113 Å². The second-order valence-electron chi connectivity index (χ2n) is 14.5. The van der Waals surface area contributed by atoms with Crippen LogP contribution in [-0.2, 0) is 38.4 Å². The van der Waals surface area contributed by atoms with Gasteiger partial charge in [-0.3, -0.25) is 58.0 Å². The van der Waals surface area contributed by atoms with E-state index in [4.69, 9.17) is 0 Å². The molecule has 2 amide bonds. The topological polar surface area (TPSA) is 295 Å². The molecule has 0 radical (unpaired) electrons. The number of nitrogens with one attached hydrogen (secondary N) is 2. The number of carboxylic acids is 6. The summed E-state index contributed by atoms with van der Waals surface area (Å²) in [5.74, 6) is -8.14. The van der Waals surface area contributed by atoms with Gasteiger partial charge < -0.3 is 41.3 Å². The minimum atomic E-state index is -1.22. The van der Waals surface area contributed by atoms with Gasteiger partial charge >= 0.3 is 35.8 Å². The van der Waals surface area contributed by atoms with Gasteiger partial charge in [0.1, 0.15) is 0 Å². The molecule has 20 heteroatoms. The first-order valence-electron chi connectivity index (χ1n) is 18.4. The van der Waals surface area contributed by atoms with Gasteiger partial charge in [0.2, 0.25) is 11.8 Å². The molecule has 20 nitrogen and oxygen atoms in total. The number of carboxylic acid groups (broad SMARTS) is 6. The molecule has 3 rings (SSSR count). The Morgan fingerprint density at radius 1 is 0.352 bits per heavy atom. The number of nitrogens with zero attached hydrogens (tertiary/aromatic N) is 4. The van der Waals surface area contributed by atoms with Crippen LogP contribution in [0.15, 0.2) is 0 Å². The average molecular weight is 771 g/mol. The first kappa shape index (κ1) is 44.0. The van der Waals surface area contributed by atoms with Gasteiger partial charge in [-0.15, -0.1) is 0 Å². The number of hydrogen-bond acceptors (Lipinski definition) is 12. The third-order valence-electron chi connectivity index (χ3n) is 10.4. The van der Waals surface area contributed by atoms with E-state index in [9.17, 15) is 69.0 Å². The van der Waals surface area contributed by atoms with E-state index in [0.717, 1.165) is 0 Å². The normalized spacial score (nSPS) is 24.6. The Hall–Kier alpha value is -4.40. The zero-order valence-corrected chi connectivity index (χ0v) is 30.3. The van der Waals surface area contributed by atoms with E-state index in [-0.39, 0.29) is 25.2 Å². The van der Waals surface area contributed by atoms with Gasteiger partial charge in [-0.1, -0.05) is 25.7 Å². The molecule has 3 saturated carbocycles. The summed E-state index contributed by atoms with van der Waals surface area (Å²) in [6, 6.07) is -2.85. The molecule has 0 aromatic rings. The van der Waals surface area contributed by atoms with Crippen LogP contribution in [0.2, 0.25) is 0 Å². The van der Waals surface area contributed by atoms with Crippen LogP contribution < -0.4 is 10.6 Å². The lowest BCUT2D eigenvalue weighted by Crippen LogP contribution is -2.58. The fraction of sp³-hybridized carbons (Fsp3) is 0.765. The lowest BCUT2D eigenvalue weighted by atomic mass is 9.87. The molecule has 0 aromatic carbocycles. The molecule has 0 unspecified atom stereocenters. The van der Waals surface area contributed by atoms with Gasteiger partial charge in [0.15, 0.2) is 0 Å². The SMILES string of the molecule is O=C(O)CN(CC(=O)O)[C@@H]1CCCC[C@H]1N(CC(=O)O)CC(=O)NC1CCC(NC(=O)CN(CC(=O)O)[C@@H]2CCCC[C@H]2N(CC(=O)O)CC(=O)O)CC1. The summed E-state index contributed by atoms with van der Waals surface area (Å²) in [6.45, 7) is -3.77. The van der Waals surface area contributed by atoms with Crippen LogP contribution in [-0.4, -0.2) is 186 Å². The highest BCUT2D eigenvalue weighted by atomic mass is 16.4. The molecular weight excluding hydrogens is 716 g/mol. The van der Waals surface area contributed by atoms with Crippen LogP contribution in [0.3, 0.4) is 0 Å². The van der Waals surface area contributed by atoms with Crippen molar-refractivity contribution in [1.29, 1.82) is 0 Å². The smallest absolute Gasteiger partial charge is 0.317 e. The van der Waals surface area contributed by atoms with Crippen molar-refractivity contribution in [2.75, 3.05) is 52.4 Å². The fourth-order valence-electron chi connectivity index (χ4n) is 8.39. The third kappa shape index (κ3) is 14.8. The molecule has 0 aliphatic heterocycles. The molecule has 8 N–H and O–H groups in total. The second kappa shape index (κ2) is 21.5. The fourth-order valence-corrected chi connectivity index (χ4v) is 8.39. The Labute approximate surface area is 312 Å². The van der Waals surface area contributed by atoms with Crippen molar-refractivity contribution in [2.24, 2.45) is 0 Å². The van der Waals surface area contributed by atoms with Crippen molar-refractivity contribution in [1.82, 2.24) is 30.2 Å². The first-order valence-corrected chi connectivity index (χ1v) is 18.4. The lowest BCUT2D eigenvalue weighted by Gasteiger charge is -2.44. The minimum Gasteiger partial charge on any atom is -0.480 e. The van der Waals surface area contributed by atoms with Gasteiger partial charge in [-0.2, -0.15) is 0 Å². The standard InChI is InChI=1S/C34H54N6O14/c41-27(13-37(15-29(43)44)23-5-1-3-7-25(23)39(17-31(47)48)18-32(49)50)35-21-9-11-22(12-10-21)36-28(42)14-38(16-30(45)46)24-6-2-4-8-26(24)40(19-33(51)52)20-34(53)54/h21-26H,1-20H2,(H,35,41)(H,36,42)(H,43,44)(H,45,46)(H,47,48)(H,49,50)(H,51,52)(H,53,54)/t21?,22?,23-,24-,25-,26-/m1/s1. The third-order valence-corrected chi connectivity index (χ3v) is 10.4. The molecule has 4 atom stereocenters. The number of amides is 2. The van der Waals surface area contributed by atoms with Crippen molar-refractivity contribution < 1.29 is 69.0 Å². The summed E-state index contributed by atoms with van der Waals surface area (Å²) in [6.07, 6.45) is 6.53. The molecule has 3 fully saturated rings. The van der Waals surface area contributed by atoms with Gasteiger partial charge in [-0.05, 0) is 51.4 Å². The Morgan fingerprint density at radius 3 is 0.759 bits per heavy atom. The van der Waals surface area contributed by atoms with Crippen molar-refractivity contribution in [3.63, 3.8) is 0 Å². The Bertz CT molecular complexity index is 1230. The highest BCUT2D eigenvalue weighted by Gasteiger charge is 2.39. The van der Waals surface area contributed by atoms with Crippen LogP contribution in [0.5, 0.6) is 0 Å². The molecule has 0 spiro atoms. The van der Waals surface area contributed by atoms with Gasteiger partial charge in [0, 0.05) is 36.3 Å². The van der Waals surface area contributed by atoms with Gasteiger partial charge in [0.05, 0.1) is 52.4 Å². The summed E-state index contributed by atoms with van der Waals surface area (Å²) >= 11 is 0. The van der Waals surface area contributed by atoms with Gasteiger partial charge in [-0.25, -0.2) is 0 Å². The molecule has 0 bridgehead atoms. The predicted octanol–water partition coefficient (Wildman–Crippen LogP) is -1.13. The van der Waals surface area contributed by atoms with E-state index in [1.54, 1.807) is 0 Å². The Balaban J connectivity index is 1.59. The molecule has 0 aromatic heterocycles. The summed E-state index contributed by atoms with van der Waals surface area (Å²) in [5.41, 5.74) is 0. The molecule has 3 aliphatic rings. The summed E-state index contributed by atoms with van der Waals surface area (Å²) in [5, 5.41) is 62.8. The number of hydrogen-bond donors (Lipinski definition) is 8. The highest BCUT2D eigenvalue weighted by Crippen LogP contribution is 2.29. The quantitative estimate of drug-likeness (QED) is 0.0646. The predicted molar refractivity (Wildman–Crippen MR) is 187 cm³/mol. The molecule has 0 saturated heterocycles. The molecule has 54 heavy (non-hydrogen) atoms. The van der Waals surface area contributed by atoms with E-state index in [2.05, 4.69) is 10.6 Å². The lowest BCUT2D eigenvalue weighted by molar-refractivity contribution is -0.147. The molecular formula is C34H54N6O14. The zero-order valence-electron chi connectivity index (χ0n) is 30.3. The Morgan fingerprint density at radius 2 is 0.556 bits per heavy atom.